The van der Waals surface area contributed by atoms with E-state index in [-0.39, 0.29) is 17.7 Å². The van der Waals surface area contributed by atoms with Crippen LogP contribution in [0.25, 0.3) is 0 Å². The molecule has 0 aromatic carbocycles. The van der Waals surface area contributed by atoms with E-state index in [4.69, 9.17) is 10.5 Å². The van der Waals surface area contributed by atoms with Crippen LogP contribution in [0.2, 0.25) is 0 Å². The fourth-order valence-corrected chi connectivity index (χ4v) is 1.35. The van der Waals surface area contributed by atoms with E-state index in [2.05, 4.69) is 0 Å². The van der Waals surface area contributed by atoms with Crippen molar-refractivity contribution in [2.45, 2.75) is 25.8 Å². The molecule has 1 aliphatic heterocycles. The highest BCUT2D eigenvalue weighted by Crippen LogP contribution is 2.16. The van der Waals surface area contributed by atoms with E-state index in [0.29, 0.717) is 13.2 Å². The van der Waals surface area contributed by atoms with Gasteiger partial charge in [0, 0.05) is 19.1 Å². The molecular weight excluding hydrogens is 142 g/mol. The molecule has 1 heterocycles. The van der Waals surface area contributed by atoms with Crippen molar-refractivity contribution < 1.29 is 9.53 Å². The first-order valence-corrected chi connectivity index (χ1v) is 4.09. The van der Waals surface area contributed by atoms with Crippen LogP contribution in [0, 0.1) is 5.92 Å². The number of ketones is 1. The Balaban J connectivity index is 2.39. The SMILES string of the molecule is C[C@@H](N)C(=O)C1CCOCC1. The van der Waals surface area contributed by atoms with E-state index in [1.54, 1.807) is 6.92 Å². The fraction of sp³-hybridized carbons (Fsp3) is 0.875. The molecule has 3 nitrogen and oxygen atoms in total. The summed E-state index contributed by atoms with van der Waals surface area (Å²) in [4.78, 5) is 11.3. The second-order valence-electron chi connectivity index (χ2n) is 3.08. The van der Waals surface area contributed by atoms with E-state index in [9.17, 15) is 4.79 Å². The number of rotatable bonds is 2. The third-order valence-corrected chi connectivity index (χ3v) is 2.07. The molecule has 11 heavy (non-hydrogen) atoms. The molecule has 0 bridgehead atoms. The van der Waals surface area contributed by atoms with Crippen LogP contribution in [-0.2, 0) is 9.53 Å². The van der Waals surface area contributed by atoms with Gasteiger partial charge < -0.3 is 10.5 Å². The van der Waals surface area contributed by atoms with Gasteiger partial charge in [-0.05, 0) is 19.8 Å². The lowest BCUT2D eigenvalue weighted by Crippen LogP contribution is -2.35. The number of hydrogen-bond donors (Lipinski definition) is 1. The zero-order valence-electron chi connectivity index (χ0n) is 6.88. The molecule has 0 aromatic heterocycles. The second kappa shape index (κ2) is 3.83. The van der Waals surface area contributed by atoms with Crippen LogP contribution in [0.1, 0.15) is 19.8 Å². The summed E-state index contributed by atoms with van der Waals surface area (Å²) in [5.41, 5.74) is 5.48. The summed E-state index contributed by atoms with van der Waals surface area (Å²) in [6.45, 7) is 3.17. The summed E-state index contributed by atoms with van der Waals surface area (Å²) in [5, 5.41) is 0. The Labute approximate surface area is 66.9 Å². The first-order valence-electron chi connectivity index (χ1n) is 4.09. The largest absolute Gasteiger partial charge is 0.381 e. The van der Waals surface area contributed by atoms with Crippen molar-refractivity contribution in [1.82, 2.24) is 0 Å². The topological polar surface area (TPSA) is 52.3 Å². The lowest BCUT2D eigenvalue weighted by Gasteiger charge is -2.21. The lowest BCUT2D eigenvalue weighted by molar-refractivity contribution is -0.126. The van der Waals surface area contributed by atoms with Gasteiger partial charge >= 0.3 is 0 Å². The zero-order chi connectivity index (χ0) is 8.27. The average Bonchev–Trinajstić information content (AvgIpc) is 2.05. The van der Waals surface area contributed by atoms with E-state index in [1.807, 2.05) is 0 Å². The molecule has 1 atom stereocenters. The zero-order valence-corrected chi connectivity index (χ0v) is 6.88. The van der Waals surface area contributed by atoms with E-state index >= 15 is 0 Å². The maximum absolute atomic E-state index is 11.3. The van der Waals surface area contributed by atoms with Gasteiger partial charge in [-0.3, -0.25) is 4.79 Å². The van der Waals surface area contributed by atoms with Gasteiger partial charge in [-0.25, -0.2) is 0 Å². The van der Waals surface area contributed by atoms with Crippen molar-refractivity contribution in [2.75, 3.05) is 13.2 Å². The van der Waals surface area contributed by atoms with E-state index in [1.165, 1.54) is 0 Å². The van der Waals surface area contributed by atoms with Crippen LogP contribution in [0.4, 0.5) is 0 Å². The van der Waals surface area contributed by atoms with Crippen molar-refractivity contribution in [3.8, 4) is 0 Å². The molecule has 0 saturated carbocycles. The number of ether oxygens (including phenoxy) is 1. The van der Waals surface area contributed by atoms with Gasteiger partial charge in [0.25, 0.3) is 0 Å². The van der Waals surface area contributed by atoms with E-state index in [0.717, 1.165) is 12.8 Å². The Bertz CT molecular complexity index is 139. The van der Waals surface area contributed by atoms with Crippen LogP contribution in [0.5, 0.6) is 0 Å². The highest BCUT2D eigenvalue weighted by atomic mass is 16.5. The van der Waals surface area contributed by atoms with Crippen molar-refractivity contribution in [2.24, 2.45) is 11.7 Å². The Morgan fingerprint density at radius 1 is 1.55 bits per heavy atom. The number of carbonyl (C=O) groups is 1. The number of Topliss-reactive ketones (excluding diaryl/α,β-unsaturated/α-hetero) is 1. The summed E-state index contributed by atoms with van der Waals surface area (Å²) >= 11 is 0. The number of hydrogen-bond acceptors (Lipinski definition) is 3. The van der Waals surface area contributed by atoms with Crippen molar-refractivity contribution in [3.05, 3.63) is 0 Å². The fourth-order valence-electron chi connectivity index (χ4n) is 1.35. The standard InChI is InChI=1S/C8H15NO2/c1-6(9)8(10)7-2-4-11-5-3-7/h6-7H,2-5,9H2,1H3/t6-/m1/s1. The molecule has 1 aliphatic rings. The highest BCUT2D eigenvalue weighted by Gasteiger charge is 2.23. The monoisotopic (exact) mass is 157 g/mol. The van der Waals surface area contributed by atoms with Crippen LogP contribution in [-0.4, -0.2) is 25.0 Å². The minimum absolute atomic E-state index is 0.156. The minimum Gasteiger partial charge on any atom is -0.381 e. The lowest BCUT2D eigenvalue weighted by atomic mass is 9.92. The Hall–Kier alpha value is -0.410. The van der Waals surface area contributed by atoms with Crippen molar-refractivity contribution in [1.29, 1.82) is 0 Å². The maximum atomic E-state index is 11.3. The van der Waals surface area contributed by atoms with Gasteiger partial charge in [-0.15, -0.1) is 0 Å². The van der Waals surface area contributed by atoms with Gasteiger partial charge in [-0.2, -0.15) is 0 Å². The molecular formula is C8H15NO2. The summed E-state index contributed by atoms with van der Waals surface area (Å²) < 4.78 is 5.14. The van der Waals surface area contributed by atoms with Crippen LogP contribution < -0.4 is 5.73 Å². The quantitative estimate of drug-likeness (QED) is 0.628. The Kier molecular flexibility index (Phi) is 3.02. The smallest absolute Gasteiger partial charge is 0.152 e. The van der Waals surface area contributed by atoms with Gasteiger partial charge in [-0.1, -0.05) is 0 Å². The van der Waals surface area contributed by atoms with Crippen molar-refractivity contribution in [3.63, 3.8) is 0 Å². The Morgan fingerprint density at radius 2 is 2.09 bits per heavy atom. The molecule has 0 radical (unpaired) electrons. The van der Waals surface area contributed by atoms with Crippen molar-refractivity contribution >= 4 is 5.78 Å². The highest BCUT2D eigenvalue weighted by molar-refractivity contribution is 5.85. The Morgan fingerprint density at radius 3 is 2.55 bits per heavy atom. The van der Waals surface area contributed by atoms with E-state index < -0.39 is 0 Å². The predicted octanol–water partition coefficient (Wildman–Crippen LogP) is 0.329. The second-order valence-corrected chi connectivity index (χ2v) is 3.08. The molecule has 0 amide bonds. The molecule has 3 heteroatoms. The summed E-state index contributed by atoms with van der Waals surface area (Å²) in [6.07, 6.45) is 1.70. The molecule has 1 fully saturated rings. The molecule has 0 unspecified atom stereocenters. The predicted molar refractivity (Wildman–Crippen MR) is 42.2 cm³/mol. The number of carbonyl (C=O) groups excluding carboxylic acids is 1. The maximum Gasteiger partial charge on any atom is 0.152 e. The molecule has 1 rings (SSSR count). The van der Waals surface area contributed by atoms with Gasteiger partial charge in [0.15, 0.2) is 5.78 Å². The molecule has 1 saturated heterocycles. The average molecular weight is 157 g/mol. The normalized spacial score (nSPS) is 23.1. The minimum atomic E-state index is -0.307. The molecule has 0 aromatic rings. The van der Waals surface area contributed by atoms with Crippen LogP contribution in [0.15, 0.2) is 0 Å². The molecule has 2 N–H and O–H groups in total. The van der Waals surface area contributed by atoms with Gasteiger partial charge in [0.1, 0.15) is 0 Å². The number of nitrogens with two attached hydrogens (primary N) is 1. The molecule has 64 valence electrons. The first kappa shape index (κ1) is 8.68. The summed E-state index contributed by atoms with van der Waals surface area (Å²) in [6, 6.07) is -0.307. The summed E-state index contributed by atoms with van der Waals surface area (Å²) in [5.74, 6) is 0.344. The third kappa shape index (κ3) is 2.27. The van der Waals surface area contributed by atoms with Gasteiger partial charge in [0.05, 0.1) is 6.04 Å². The molecule has 0 aliphatic carbocycles. The van der Waals surface area contributed by atoms with Crippen LogP contribution >= 0.6 is 0 Å². The van der Waals surface area contributed by atoms with Gasteiger partial charge in [0.2, 0.25) is 0 Å². The third-order valence-electron chi connectivity index (χ3n) is 2.07. The summed E-state index contributed by atoms with van der Waals surface area (Å²) in [7, 11) is 0. The van der Waals surface area contributed by atoms with Crippen LogP contribution in [0.3, 0.4) is 0 Å². The first-order chi connectivity index (χ1) is 5.22. The molecule has 0 spiro atoms.